The van der Waals surface area contributed by atoms with E-state index < -0.39 is 0 Å². The summed E-state index contributed by atoms with van der Waals surface area (Å²) >= 11 is 3.36. The number of piperidine rings is 1. The highest BCUT2D eigenvalue weighted by molar-refractivity contribution is 9.09. The number of halogens is 1. The number of likely N-dealkylation sites (tertiary alicyclic amines) is 1. The first-order chi connectivity index (χ1) is 11.8. The summed E-state index contributed by atoms with van der Waals surface area (Å²) in [5, 5.41) is 13.2. The lowest BCUT2D eigenvalue weighted by molar-refractivity contribution is -0.133. The van der Waals surface area contributed by atoms with E-state index in [0.717, 1.165) is 37.7 Å². The van der Waals surface area contributed by atoms with Gasteiger partial charge in [0.25, 0.3) is 0 Å². The van der Waals surface area contributed by atoms with E-state index in [1.165, 1.54) is 0 Å². The lowest BCUT2D eigenvalue weighted by Crippen LogP contribution is -2.41. The van der Waals surface area contributed by atoms with Gasteiger partial charge >= 0.3 is 0 Å². The van der Waals surface area contributed by atoms with Gasteiger partial charge in [-0.2, -0.15) is 5.10 Å². The second-order valence-electron chi connectivity index (χ2n) is 5.67. The zero-order valence-corrected chi connectivity index (χ0v) is 14.9. The van der Waals surface area contributed by atoms with Gasteiger partial charge in [-0.1, -0.05) is 15.9 Å². The van der Waals surface area contributed by atoms with Crippen LogP contribution in [-0.4, -0.2) is 55.3 Å². The van der Waals surface area contributed by atoms with Gasteiger partial charge in [-0.05, 0) is 18.6 Å². The standard InChI is InChI=1S/C16H20BrN5O2/c17-8-1-3-16(23)21-11-6-13(7-12-21)24-15-5-4-14(19-20-15)22-10-2-9-18-22/h2,4-5,9-10,13H,1,3,6-8,11-12H2. The molecule has 2 aromatic rings. The SMILES string of the molecule is O=C(CCCBr)N1CCC(Oc2ccc(-n3cccn3)nn2)CC1. The second-order valence-corrected chi connectivity index (χ2v) is 6.46. The van der Waals surface area contributed by atoms with Crippen molar-refractivity contribution in [1.82, 2.24) is 24.9 Å². The number of hydrogen-bond acceptors (Lipinski definition) is 5. The Bertz CT molecular complexity index is 639. The Labute approximate surface area is 149 Å². The Balaban J connectivity index is 1.48. The number of aromatic nitrogens is 4. The minimum Gasteiger partial charge on any atom is -0.473 e. The molecule has 1 saturated heterocycles. The summed E-state index contributed by atoms with van der Waals surface area (Å²) in [5.41, 5.74) is 0. The van der Waals surface area contributed by atoms with Gasteiger partial charge in [0.05, 0.1) is 0 Å². The maximum atomic E-state index is 12.0. The van der Waals surface area contributed by atoms with Crippen LogP contribution in [0, 0.1) is 0 Å². The van der Waals surface area contributed by atoms with Crippen LogP contribution in [0.5, 0.6) is 5.88 Å². The molecule has 24 heavy (non-hydrogen) atoms. The molecule has 0 atom stereocenters. The first kappa shape index (κ1) is 16.9. The summed E-state index contributed by atoms with van der Waals surface area (Å²) in [6.45, 7) is 1.48. The van der Waals surface area contributed by atoms with Crippen LogP contribution >= 0.6 is 15.9 Å². The Kier molecular flexibility index (Phi) is 5.79. The summed E-state index contributed by atoms with van der Waals surface area (Å²) in [6, 6.07) is 5.46. The number of ether oxygens (including phenoxy) is 1. The van der Waals surface area contributed by atoms with Crippen LogP contribution in [-0.2, 0) is 4.79 Å². The third-order valence-electron chi connectivity index (χ3n) is 3.97. The van der Waals surface area contributed by atoms with E-state index in [4.69, 9.17) is 4.74 Å². The lowest BCUT2D eigenvalue weighted by Gasteiger charge is -2.31. The van der Waals surface area contributed by atoms with Crippen LogP contribution in [0.1, 0.15) is 25.7 Å². The summed E-state index contributed by atoms with van der Waals surface area (Å²) in [7, 11) is 0. The Morgan fingerprint density at radius 2 is 2.12 bits per heavy atom. The quantitative estimate of drug-likeness (QED) is 0.703. The van der Waals surface area contributed by atoms with E-state index in [2.05, 4.69) is 31.2 Å². The molecule has 0 bridgehead atoms. The first-order valence-corrected chi connectivity index (χ1v) is 9.22. The number of carbonyl (C=O) groups excluding carboxylic acids is 1. The van der Waals surface area contributed by atoms with Gasteiger partial charge in [0, 0.05) is 56.1 Å². The molecule has 0 unspecified atom stereocenters. The summed E-state index contributed by atoms with van der Waals surface area (Å²) in [4.78, 5) is 13.9. The van der Waals surface area contributed by atoms with Crippen molar-refractivity contribution < 1.29 is 9.53 Å². The molecule has 0 radical (unpaired) electrons. The molecule has 0 saturated carbocycles. The highest BCUT2D eigenvalue weighted by Gasteiger charge is 2.23. The van der Waals surface area contributed by atoms with Crippen molar-refractivity contribution in [2.45, 2.75) is 31.8 Å². The predicted octanol–water partition coefficient (Wildman–Crippen LogP) is 2.21. The topological polar surface area (TPSA) is 73.1 Å². The number of amides is 1. The largest absolute Gasteiger partial charge is 0.473 e. The zero-order valence-electron chi connectivity index (χ0n) is 13.3. The Hall–Kier alpha value is -1.96. The van der Waals surface area contributed by atoms with Crippen molar-refractivity contribution in [3.8, 4) is 11.7 Å². The van der Waals surface area contributed by atoms with Crippen molar-refractivity contribution >= 4 is 21.8 Å². The van der Waals surface area contributed by atoms with Crippen LogP contribution in [0.25, 0.3) is 5.82 Å². The normalized spacial score (nSPS) is 15.5. The van der Waals surface area contributed by atoms with Crippen LogP contribution in [0.3, 0.4) is 0 Å². The lowest BCUT2D eigenvalue weighted by atomic mass is 10.1. The van der Waals surface area contributed by atoms with Crippen LogP contribution in [0.2, 0.25) is 0 Å². The van der Waals surface area contributed by atoms with Crippen molar-refractivity contribution in [3.05, 3.63) is 30.6 Å². The van der Waals surface area contributed by atoms with Gasteiger partial charge < -0.3 is 9.64 Å². The number of carbonyl (C=O) groups is 1. The highest BCUT2D eigenvalue weighted by Crippen LogP contribution is 2.18. The molecule has 0 N–H and O–H groups in total. The van der Waals surface area contributed by atoms with Gasteiger partial charge in [-0.15, -0.1) is 10.2 Å². The molecule has 1 aliphatic heterocycles. The van der Waals surface area contributed by atoms with Crippen molar-refractivity contribution in [1.29, 1.82) is 0 Å². The fourth-order valence-corrected chi connectivity index (χ4v) is 2.95. The van der Waals surface area contributed by atoms with Crippen LogP contribution < -0.4 is 4.74 Å². The molecule has 0 spiro atoms. The average Bonchev–Trinajstić information content (AvgIpc) is 3.15. The minimum absolute atomic E-state index is 0.0788. The summed E-state index contributed by atoms with van der Waals surface area (Å²) in [5.74, 6) is 1.39. The van der Waals surface area contributed by atoms with Gasteiger partial charge in [0.2, 0.25) is 11.8 Å². The molecular weight excluding hydrogens is 374 g/mol. The van der Waals surface area contributed by atoms with Crippen LogP contribution in [0.4, 0.5) is 0 Å². The van der Waals surface area contributed by atoms with Gasteiger partial charge in [0.15, 0.2) is 5.82 Å². The number of alkyl halides is 1. The molecule has 128 valence electrons. The average molecular weight is 394 g/mol. The third-order valence-corrected chi connectivity index (χ3v) is 4.53. The second kappa shape index (κ2) is 8.23. The molecule has 1 amide bonds. The number of rotatable bonds is 6. The van der Waals surface area contributed by atoms with E-state index in [9.17, 15) is 4.79 Å². The van der Waals surface area contributed by atoms with Gasteiger partial charge in [0.1, 0.15) is 6.10 Å². The molecule has 7 nitrogen and oxygen atoms in total. The monoisotopic (exact) mass is 393 g/mol. The van der Waals surface area contributed by atoms with Crippen molar-refractivity contribution in [2.24, 2.45) is 0 Å². The maximum Gasteiger partial charge on any atom is 0.233 e. The molecule has 3 rings (SSSR count). The minimum atomic E-state index is 0.0788. The molecule has 0 aliphatic carbocycles. The van der Waals surface area contributed by atoms with Gasteiger partial charge in [-0.3, -0.25) is 4.79 Å². The van der Waals surface area contributed by atoms with E-state index >= 15 is 0 Å². The third kappa shape index (κ3) is 4.31. The first-order valence-electron chi connectivity index (χ1n) is 8.10. The fourth-order valence-electron chi connectivity index (χ4n) is 2.67. The molecule has 2 aromatic heterocycles. The molecule has 1 aliphatic rings. The number of nitrogens with zero attached hydrogens (tertiary/aromatic N) is 5. The Morgan fingerprint density at radius 1 is 1.29 bits per heavy atom. The van der Waals surface area contributed by atoms with E-state index in [1.54, 1.807) is 16.9 Å². The molecule has 8 heteroatoms. The van der Waals surface area contributed by atoms with Crippen molar-refractivity contribution in [3.63, 3.8) is 0 Å². The smallest absolute Gasteiger partial charge is 0.233 e. The zero-order chi connectivity index (χ0) is 16.8. The maximum absolute atomic E-state index is 12.0. The molecule has 0 aromatic carbocycles. The van der Waals surface area contributed by atoms with E-state index in [-0.39, 0.29) is 12.0 Å². The van der Waals surface area contributed by atoms with Crippen molar-refractivity contribution in [2.75, 3.05) is 18.4 Å². The summed E-state index contributed by atoms with van der Waals surface area (Å²) in [6.07, 6.45) is 6.72. The molecule has 1 fully saturated rings. The van der Waals surface area contributed by atoms with E-state index in [0.29, 0.717) is 18.1 Å². The van der Waals surface area contributed by atoms with E-state index in [1.807, 2.05) is 23.2 Å². The molecule has 3 heterocycles. The highest BCUT2D eigenvalue weighted by atomic mass is 79.9. The summed E-state index contributed by atoms with van der Waals surface area (Å²) < 4.78 is 7.53. The fraction of sp³-hybridized carbons (Fsp3) is 0.500. The van der Waals surface area contributed by atoms with Crippen LogP contribution in [0.15, 0.2) is 30.6 Å². The number of hydrogen-bond donors (Lipinski definition) is 0. The Morgan fingerprint density at radius 3 is 2.75 bits per heavy atom. The van der Waals surface area contributed by atoms with Gasteiger partial charge in [-0.25, -0.2) is 4.68 Å². The molecular formula is C16H20BrN5O2. The predicted molar refractivity (Wildman–Crippen MR) is 92.4 cm³/mol.